The summed E-state index contributed by atoms with van der Waals surface area (Å²) in [5, 5.41) is 4.67. The predicted octanol–water partition coefficient (Wildman–Crippen LogP) is -0.627. The van der Waals surface area contributed by atoms with Crippen LogP contribution in [0, 0.1) is 12.3 Å². The van der Waals surface area contributed by atoms with Crippen LogP contribution >= 0.6 is 0 Å². The minimum absolute atomic E-state index is 0.374. The summed E-state index contributed by atoms with van der Waals surface area (Å²) in [4.78, 5) is 2.06. The molecule has 1 fully saturated rings. The van der Waals surface area contributed by atoms with Crippen LogP contribution in [-0.2, 0) is 10.0 Å². The first kappa shape index (κ1) is 10.5. The summed E-state index contributed by atoms with van der Waals surface area (Å²) in [5.74, 6) is 2.54. The molecule has 4 nitrogen and oxygen atoms in total. The topological polar surface area (TPSA) is 63.4 Å². The van der Waals surface area contributed by atoms with E-state index in [2.05, 4.69) is 10.8 Å². The molecule has 1 heterocycles. The number of likely N-dealkylation sites (tertiary alicyclic amines) is 1. The van der Waals surface area contributed by atoms with Crippen LogP contribution in [0.1, 0.15) is 12.8 Å². The number of nitrogens with two attached hydrogens (primary N) is 1. The number of hydrogen-bond acceptors (Lipinski definition) is 3. The first-order valence-electron chi connectivity index (χ1n) is 4.21. The van der Waals surface area contributed by atoms with E-state index in [0.717, 1.165) is 13.1 Å². The summed E-state index contributed by atoms with van der Waals surface area (Å²) in [6.45, 7) is 2.05. The molecule has 0 spiro atoms. The van der Waals surface area contributed by atoms with E-state index in [1.165, 1.54) is 0 Å². The molecule has 74 valence electrons. The molecule has 13 heavy (non-hydrogen) atoms. The van der Waals surface area contributed by atoms with Gasteiger partial charge in [0, 0.05) is 13.1 Å². The van der Waals surface area contributed by atoms with Crippen molar-refractivity contribution < 1.29 is 8.42 Å². The Hall–Kier alpha value is -0.570. The monoisotopic (exact) mass is 202 g/mol. The van der Waals surface area contributed by atoms with Crippen molar-refractivity contribution in [1.29, 1.82) is 0 Å². The standard InChI is InChI=1S/C8H14N2O2S/c1-2-5-10-6-3-8(4-7-10)13(9,11)12/h1,8H,3-7H2,(H2,9,11,12). The third-order valence-corrected chi connectivity index (χ3v) is 3.71. The zero-order chi connectivity index (χ0) is 9.90. The summed E-state index contributed by atoms with van der Waals surface area (Å²) in [6.07, 6.45) is 6.34. The van der Waals surface area contributed by atoms with Gasteiger partial charge in [-0.3, -0.25) is 4.90 Å². The number of sulfonamides is 1. The lowest BCUT2D eigenvalue weighted by Gasteiger charge is -2.29. The molecule has 1 rings (SSSR count). The van der Waals surface area contributed by atoms with Crippen molar-refractivity contribution in [2.24, 2.45) is 5.14 Å². The normalized spacial score (nSPS) is 21.2. The molecule has 0 aliphatic carbocycles. The minimum Gasteiger partial charge on any atom is -0.292 e. The molecule has 1 aliphatic rings. The number of hydrogen-bond donors (Lipinski definition) is 1. The first-order valence-corrected chi connectivity index (χ1v) is 5.82. The zero-order valence-corrected chi connectivity index (χ0v) is 8.26. The quantitative estimate of drug-likeness (QED) is 0.607. The third-order valence-electron chi connectivity index (χ3n) is 2.31. The summed E-state index contributed by atoms with van der Waals surface area (Å²) in [7, 11) is -3.34. The van der Waals surface area contributed by atoms with Gasteiger partial charge in [0.1, 0.15) is 0 Å². The van der Waals surface area contributed by atoms with Gasteiger partial charge in [0.05, 0.1) is 11.8 Å². The molecule has 1 saturated heterocycles. The van der Waals surface area contributed by atoms with E-state index in [-0.39, 0.29) is 5.25 Å². The van der Waals surface area contributed by atoms with Crippen LogP contribution in [-0.4, -0.2) is 38.2 Å². The number of terminal acetylenes is 1. The lowest BCUT2D eigenvalue weighted by atomic mass is 10.1. The molecule has 0 aromatic heterocycles. The fraction of sp³-hybridized carbons (Fsp3) is 0.750. The molecular formula is C8H14N2O2S. The van der Waals surface area contributed by atoms with Crippen LogP contribution in [0.5, 0.6) is 0 Å². The van der Waals surface area contributed by atoms with E-state index in [4.69, 9.17) is 11.6 Å². The molecule has 0 atom stereocenters. The average molecular weight is 202 g/mol. The van der Waals surface area contributed by atoms with Crippen LogP contribution in [0.15, 0.2) is 0 Å². The van der Waals surface area contributed by atoms with Gasteiger partial charge < -0.3 is 0 Å². The SMILES string of the molecule is C#CCN1CCC(S(N)(=O)=O)CC1. The van der Waals surface area contributed by atoms with Crippen LogP contribution in [0.2, 0.25) is 0 Å². The van der Waals surface area contributed by atoms with E-state index in [1.54, 1.807) is 0 Å². The number of rotatable bonds is 2. The second kappa shape index (κ2) is 4.09. The maximum absolute atomic E-state index is 11.0. The van der Waals surface area contributed by atoms with Crippen LogP contribution in [0.25, 0.3) is 0 Å². The van der Waals surface area contributed by atoms with Crippen molar-refractivity contribution in [3.8, 4) is 12.3 Å². The predicted molar refractivity (Wildman–Crippen MR) is 51.4 cm³/mol. The smallest absolute Gasteiger partial charge is 0.212 e. The van der Waals surface area contributed by atoms with Gasteiger partial charge in [-0.05, 0) is 12.8 Å². The van der Waals surface area contributed by atoms with Crippen LogP contribution in [0.3, 0.4) is 0 Å². The summed E-state index contributed by atoms with van der Waals surface area (Å²) in [6, 6.07) is 0. The lowest BCUT2D eigenvalue weighted by molar-refractivity contribution is 0.256. The molecule has 1 aliphatic heterocycles. The van der Waals surface area contributed by atoms with Crippen LogP contribution < -0.4 is 5.14 Å². The maximum Gasteiger partial charge on any atom is 0.212 e. The van der Waals surface area contributed by atoms with Gasteiger partial charge in [0.15, 0.2) is 0 Å². The highest BCUT2D eigenvalue weighted by atomic mass is 32.2. The van der Waals surface area contributed by atoms with Gasteiger partial charge in [-0.15, -0.1) is 6.42 Å². The molecule has 2 N–H and O–H groups in total. The molecule has 5 heteroatoms. The van der Waals surface area contributed by atoms with E-state index in [9.17, 15) is 8.42 Å². The van der Waals surface area contributed by atoms with Gasteiger partial charge in [-0.1, -0.05) is 5.92 Å². The summed E-state index contributed by atoms with van der Waals surface area (Å²) >= 11 is 0. The highest BCUT2D eigenvalue weighted by molar-refractivity contribution is 7.89. The van der Waals surface area contributed by atoms with Gasteiger partial charge in [0.2, 0.25) is 10.0 Å². The Labute approximate surface area is 79.1 Å². The largest absolute Gasteiger partial charge is 0.292 e. The van der Waals surface area contributed by atoms with Crippen molar-refractivity contribution >= 4 is 10.0 Å². The zero-order valence-electron chi connectivity index (χ0n) is 7.44. The summed E-state index contributed by atoms with van der Waals surface area (Å²) in [5.41, 5.74) is 0. The molecular weight excluding hydrogens is 188 g/mol. The Morgan fingerprint density at radius 2 is 2.00 bits per heavy atom. The molecule has 0 unspecified atom stereocenters. The van der Waals surface area contributed by atoms with Crippen molar-refractivity contribution in [2.75, 3.05) is 19.6 Å². The fourth-order valence-electron chi connectivity index (χ4n) is 1.53. The number of piperidine rings is 1. The van der Waals surface area contributed by atoms with Crippen LogP contribution in [0.4, 0.5) is 0 Å². The van der Waals surface area contributed by atoms with Gasteiger partial charge >= 0.3 is 0 Å². The number of primary sulfonamides is 1. The second-order valence-corrected chi connectivity index (χ2v) is 5.11. The minimum atomic E-state index is -3.34. The molecule has 0 bridgehead atoms. The Bertz CT molecular complexity index is 297. The summed E-state index contributed by atoms with van der Waals surface area (Å²) < 4.78 is 21.9. The first-order chi connectivity index (χ1) is 6.04. The Morgan fingerprint density at radius 3 is 2.38 bits per heavy atom. The Kier molecular flexibility index (Phi) is 3.31. The van der Waals surface area contributed by atoms with Gasteiger partial charge in [0.25, 0.3) is 0 Å². The fourth-order valence-corrected chi connectivity index (χ4v) is 2.39. The Balaban J connectivity index is 2.45. The van der Waals surface area contributed by atoms with Gasteiger partial charge in [-0.25, -0.2) is 13.6 Å². The number of nitrogens with zero attached hydrogens (tertiary/aromatic N) is 1. The maximum atomic E-state index is 11.0. The van der Waals surface area contributed by atoms with E-state index in [1.807, 2.05) is 0 Å². The van der Waals surface area contributed by atoms with Crippen molar-refractivity contribution in [1.82, 2.24) is 4.90 Å². The van der Waals surface area contributed by atoms with E-state index >= 15 is 0 Å². The molecule has 0 radical (unpaired) electrons. The van der Waals surface area contributed by atoms with Crippen molar-refractivity contribution in [2.45, 2.75) is 18.1 Å². The Morgan fingerprint density at radius 1 is 1.46 bits per heavy atom. The highest BCUT2D eigenvalue weighted by Gasteiger charge is 2.26. The highest BCUT2D eigenvalue weighted by Crippen LogP contribution is 2.14. The average Bonchev–Trinajstić information content (AvgIpc) is 2.04. The van der Waals surface area contributed by atoms with Crippen molar-refractivity contribution in [3.05, 3.63) is 0 Å². The van der Waals surface area contributed by atoms with Gasteiger partial charge in [-0.2, -0.15) is 0 Å². The molecule has 0 saturated carbocycles. The molecule has 0 aromatic rings. The molecule has 0 aromatic carbocycles. The lowest BCUT2D eigenvalue weighted by Crippen LogP contribution is -2.41. The van der Waals surface area contributed by atoms with E-state index in [0.29, 0.717) is 19.4 Å². The third kappa shape index (κ3) is 2.99. The molecule has 0 amide bonds. The van der Waals surface area contributed by atoms with E-state index < -0.39 is 10.0 Å². The van der Waals surface area contributed by atoms with Crippen molar-refractivity contribution in [3.63, 3.8) is 0 Å². The second-order valence-electron chi connectivity index (χ2n) is 3.27.